The van der Waals surface area contributed by atoms with Crippen molar-refractivity contribution < 1.29 is 4.79 Å². The Labute approximate surface area is 140 Å². The van der Waals surface area contributed by atoms with Crippen molar-refractivity contribution in [2.75, 3.05) is 6.54 Å². The Morgan fingerprint density at radius 2 is 2.14 bits per heavy atom. The van der Waals surface area contributed by atoms with Crippen molar-refractivity contribution >= 4 is 28.6 Å². The van der Waals surface area contributed by atoms with Gasteiger partial charge in [-0.3, -0.25) is 10.1 Å². The Morgan fingerprint density at radius 3 is 2.68 bits per heavy atom. The van der Waals surface area contributed by atoms with Crippen LogP contribution in [0.1, 0.15) is 47.3 Å². The fourth-order valence-electron chi connectivity index (χ4n) is 2.02. The van der Waals surface area contributed by atoms with Crippen LogP contribution in [0.25, 0.3) is 0 Å². The highest BCUT2D eigenvalue weighted by Crippen LogP contribution is 2.27. The first-order chi connectivity index (χ1) is 10.3. The molecule has 0 bridgehead atoms. The van der Waals surface area contributed by atoms with Crippen molar-refractivity contribution in [2.45, 2.75) is 46.2 Å². The SMILES string of the molecule is Cc1nc(C(C)(C)NCC(=O)N[C@@H](C)c2cccs2)sc1C. The van der Waals surface area contributed by atoms with Gasteiger partial charge in [0.05, 0.1) is 23.8 Å². The maximum atomic E-state index is 12.1. The largest absolute Gasteiger partial charge is 0.348 e. The topological polar surface area (TPSA) is 54.0 Å². The fraction of sp³-hybridized carbons (Fsp3) is 0.500. The Kier molecular flexibility index (Phi) is 5.36. The molecule has 0 aromatic carbocycles. The summed E-state index contributed by atoms with van der Waals surface area (Å²) >= 11 is 3.34. The van der Waals surface area contributed by atoms with E-state index < -0.39 is 0 Å². The van der Waals surface area contributed by atoms with Crippen molar-refractivity contribution in [3.05, 3.63) is 38.0 Å². The number of nitrogens with zero attached hydrogens (tertiary/aromatic N) is 1. The predicted octanol–water partition coefficient (Wildman–Crippen LogP) is 3.52. The van der Waals surface area contributed by atoms with Crippen molar-refractivity contribution in [3.63, 3.8) is 0 Å². The van der Waals surface area contributed by atoms with Crippen molar-refractivity contribution in [2.24, 2.45) is 0 Å². The van der Waals surface area contributed by atoms with Gasteiger partial charge in [-0.15, -0.1) is 22.7 Å². The van der Waals surface area contributed by atoms with Gasteiger partial charge in [0.15, 0.2) is 0 Å². The lowest BCUT2D eigenvalue weighted by Gasteiger charge is -2.24. The van der Waals surface area contributed by atoms with E-state index in [1.54, 1.807) is 22.7 Å². The number of nitrogens with one attached hydrogen (secondary N) is 2. The van der Waals surface area contributed by atoms with Crippen molar-refractivity contribution in [3.8, 4) is 0 Å². The second-order valence-electron chi connectivity index (χ2n) is 5.94. The van der Waals surface area contributed by atoms with E-state index >= 15 is 0 Å². The van der Waals surface area contributed by atoms with E-state index in [1.165, 1.54) is 9.75 Å². The third-order valence-electron chi connectivity index (χ3n) is 3.60. The lowest BCUT2D eigenvalue weighted by Crippen LogP contribution is -2.43. The first-order valence-electron chi connectivity index (χ1n) is 7.32. The maximum absolute atomic E-state index is 12.1. The number of carbonyl (C=O) groups is 1. The van der Waals surface area contributed by atoms with Crippen LogP contribution in [0.5, 0.6) is 0 Å². The standard InChI is InChI=1S/C16H23N3OS2/c1-10-12(3)22-15(19-10)16(4,5)17-9-14(20)18-11(2)13-7-6-8-21-13/h6-8,11,17H,9H2,1-5H3,(H,18,20)/t11-/m0/s1. The molecule has 2 aromatic heterocycles. The number of rotatable bonds is 6. The quantitative estimate of drug-likeness (QED) is 0.848. The second kappa shape index (κ2) is 6.89. The molecule has 2 rings (SSSR count). The van der Waals surface area contributed by atoms with Gasteiger partial charge in [-0.25, -0.2) is 4.98 Å². The van der Waals surface area contributed by atoms with Crippen LogP contribution in [-0.4, -0.2) is 17.4 Å². The van der Waals surface area contributed by atoms with Crippen LogP contribution in [0.15, 0.2) is 17.5 Å². The molecule has 0 aliphatic carbocycles. The molecule has 0 fully saturated rings. The van der Waals surface area contributed by atoms with Crippen LogP contribution in [0.3, 0.4) is 0 Å². The Morgan fingerprint density at radius 1 is 1.41 bits per heavy atom. The minimum atomic E-state index is -0.312. The van der Waals surface area contributed by atoms with Gasteiger partial charge in [-0.1, -0.05) is 6.07 Å². The smallest absolute Gasteiger partial charge is 0.234 e. The van der Waals surface area contributed by atoms with Gasteiger partial charge in [0, 0.05) is 9.75 Å². The summed E-state index contributed by atoms with van der Waals surface area (Å²) in [5.41, 5.74) is 0.748. The summed E-state index contributed by atoms with van der Waals surface area (Å²) in [5, 5.41) is 9.36. The molecule has 0 aliphatic heterocycles. The van der Waals surface area contributed by atoms with Gasteiger partial charge < -0.3 is 5.32 Å². The molecule has 1 amide bonds. The van der Waals surface area contributed by atoms with Crippen LogP contribution < -0.4 is 10.6 Å². The maximum Gasteiger partial charge on any atom is 0.234 e. The molecule has 2 N–H and O–H groups in total. The molecule has 120 valence electrons. The third kappa shape index (κ3) is 4.15. The zero-order valence-corrected chi connectivity index (χ0v) is 15.3. The number of thiazole rings is 1. The fourth-order valence-corrected chi connectivity index (χ4v) is 3.75. The van der Waals surface area contributed by atoms with Crippen LogP contribution in [0, 0.1) is 13.8 Å². The highest BCUT2D eigenvalue weighted by Gasteiger charge is 2.25. The average Bonchev–Trinajstić information content (AvgIpc) is 3.08. The number of aryl methyl sites for hydroxylation is 2. The number of aromatic nitrogens is 1. The first kappa shape index (κ1) is 17.1. The molecule has 2 heterocycles. The van der Waals surface area contributed by atoms with Crippen LogP contribution in [0.2, 0.25) is 0 Å². The van der Waals surface area contributed by atoms with E-state index in [9.17, 15) is 4.79 Å². The average molecular weight is 338 g/mol. The molecular weight excluding hydrogens is 314 g/mol. The number of hydrogen-bond acceptors (Lipinski definition) is 5. The van der Waals surface area contributed by atoms with Gasteiger partial charge in [-0.05, 0) is 46.1 Å². The van der Waals surface area contributed by atoms with Crippen molar-refractivity contribution in [1.82, 2.24) is 15.6 Å². The minimum absolute atomic E-state index is 0.000949. The monoisotopic (exact) mass is 337 g/mol. The summed E-state index contributed by atoms with van der Waals surface area (Å²) < 4.78 is 0. The molecule has 0 saturated heterocycles. The lowest BCUT2D eigenvalue weighted by atomic mass is 10.1. The van der Waals surface area contributed by atoms with E-state index in [-0.39, 0.29) is 24.0 Å². The molecule has 0 spiro atoms. The number of carbonyl (C=O) groups excluding carboxylic acids is 1. The van der Waals surface area contributed by atoms with E-state index in [2.05, 4.69) is 36.4 Å². The van der Waals surface area contributed by atoms with Gasteiger partial charge in [0.2, 0.25) is 5.91 Å². The van der Waals surface area contributed by atoms with E-state index in [4.69, 9.17) is 0 Å². The first-order valence-corrected chi connectivity index (χ1v) is 9.01. The number of hydrogen-bond donors (Lipinski definition) is 2. The van der Waals surface area contributed by atoms with Gasteiger partial charge in [-0.2, -0.15) is 0 Å². The second-order valence-corrected chi connectivity index (χ2v) is 8.13. The summed E-state index contributed by atoms with van der Waals surface area (Å²) in [6, 6.07) is 4.08. The molecule has 0 radical (unpaired) electrons. The Hall–Kier alpha value is -1.24. The molecule has 4 nitrogen and oxygen atoms in total. The molecule has 0 aliphatic rings. The van der Waals surface area contributed by atoms with Gasteiger partial charge in [0.25, 0.3) is 0 Å². The van der Waals surface area contributed by atoms with Gasteiger partial charge in [0.1, 0.15) is 5.01 Å². The Bertz CT molecular complexity index is 612. The number of amides is 1. The highest BCUT2D eigenvalue weighted by molar-refractivity contribution is 7.11. The molecular formula is C16H23N3OS2. The lowest BCUT2D eigenvalue weighted by molar-refractivity contribution is -0.121. The molecule has 0 unspecified atom stereocenters. The van der Waals surface area contributed by atoms with Gasteiger partial charge >= 0.3 is 0 Å². The summed E-state index contributed by atoms with van der Waals surface area (Å²) in [6.07, 6.45) is 0. The third-order valence-corrected chi connectivity index (χ3v) is 6.05. The number of thiophene rings is 1. The van der Waals surface area contributed by atoms with E-state index in [0.29, 0.717) is 0 Å². The van der Waals surface area contributed by atoms with E-state index in [0.717, 1.165) is 10.7 Å². The summed E-state index contributed by atoms with van der Waals surface area (Å²) in [7, 11) is 0. The summed E-state index contributed by atoms with van der Waals surface area (Å²) in [6.45, 7) is 10.5. The molecule has 6 heteroatoms. The highest BCUT2D eigenvalue weighted by atomic mass is 32.1. The zero-order chi connectivity index (χ0) is 16.3. The normalized spacial score (nSPS) is 13.1. The molecule has 2 aromatic rings. The molecule has 22 heavy (non-hydrogen) atoms. The van der Waals surface area contributed by atoms with Crippen LogP contribution in [-0.2, 0) is 10.3 Å². The Balaban J connectivity index is 1.89. The summed E-state index contributed by atoms with van der Waals surface area (Å²) in [5.74, 6) is -0.000949. The summed E-state index contributed by atoms with van der Waals surface area (Å²) in [4.78, 5) is 19.1. The minimum Gasteiger partial charge on any atom is -0.348 e. The molecule has 0 saturated carbocycles. The van der Waals surface area contributed by atoms with Crippen LogP contribution >= 0.6 is 22.7 Å². The van der Waals surface area contributed by atoms with Crippen LogP contribution in [0.4, 0.5) is 0 Å². The van der Waals surface area contributed by atoms with E-state index in [1.807, 2.05) is 31.4 Å². The van der Waals surface area contributed by atoms with Crippen molar-refractivity contribution in [1.29, 1.82) is 0 Å². The molecule has 1 atom stereocenters. The predicted molar refractivity (Wildman–Crippen MR) is 93.5 cm³/mol. The zero-order valence-electron chi connectivity index (χ0n) is 13.7.